The molecule has 2 aromatic heterocycles. The van der Waals surface area contributed by atoms with Crippen LogP contribution in [0.15, 0.2) is 43.0 Å². The Morgan fingerprint density at radius 2 is 1.80 bits per heavy atom. The Labute approximate surface area is 215 Å². The number of hydrogen-bond acceptors (Lipinski definition) is 8. The van der Waals surface area contributed by atoms with Gasteiger partial charge in [0, 0.05) is 85.0 Å². The highest BCUT2D eigenvalue weighted by Crippen LogP contribution is 2.41. The Morgan fingerprint density at radius 3 is 2.43 bits per heavy atom. The molecule has 35 heavy (non-hydrogen) atoms. The minimum absolute atomic E-state index is 0.151. The Bertz CT molecular complexity index is 1290. The lowest BCUT2D eigenvalue weighted by Gasteiger charge is -2.59. The molecule has 9 nitrogen and oxygen atoms in total. The standard InChI is InChI=1S/C23H23Cl2N7O2S/c1-35(33)32-12-23(13-32)10-31(11-23)22-29-5-14(6-30-22)21(27)16-4-15(2-3-20(16)26)34-9-17-18(24)7-28-8-19(17)25/h2-8,27H,9-13,26H2,1H3. The molecule has 4 heterocycles. The number of anilines is 2. The molecule has 2 saturated heterocycles. The highest BCUT2D eigenvalue weighted by molar-refractivity contribution is 7.81. The van der Waals surface area contributed by atoms with Gasteiger partial charge in [0.05, 0.1) is 26.7 Å². The first-order valence-electron chi connectivity index (χ1n) is 10.8. The van der Waals surface area contributed by atoms with Gasteiger partial charge in [0.2, 0.25) is 5.95 Å². The van der Waals surface area contributed by atoms with Crippen molar-refractivity contribution >= 4 is 51.5 Å². The zero-order valence-electron chi connectivity index (χ0n) is 18.9. The molecule has 2 fully saturated rings. The van der Waals surface area contributed by atoms with Crippen molar-refractivity contribution in [2.24, 2.45) is 5.41 Å². The normalized spacial score (nSPS) is 17.5. The summed E-state index contributed by atoms with van der Waals surface area (Å²) in [6.45, 7) is 3.52. The summed E-state index contributed by atoms with van der Waals surface area (Å²) in [5.74, 6) is 1.15. The molecule has 1 atom stereocenters. The summed E-state index contributed by atoms with van der Waals surface area (Å²) in [4.78, 5) is 15.0. The van der Waals surface area contributed by atoms with E-state index in [2.05, 4.69) is 19.9 Å². The van der Waals surface area contributed by atoms with Crippen molar-refractivity contribution in [3.05, 3.63) is 69.7 Å². The van der Waals surface area contributed by atoms with Crippen molar-refractivity contribution in [3.63, 3.8) is 0 Å². The van der Waals surface area contributed by atoms with E-state index in [-0.39, 0.29) is 17.7 Å². The van der Waals surface area contributed by atoms with Crippen LogP contribution in [0.5, 0.6) is 5.75 Å². The van der Waals surface area contributed by atoms with Gasteiger partial charge in [-0.15, -0.1) is 0 Å². The number of nitrogens with two attached hydrogens (primary N) is 1. The molecule has 1 spiro atoms. The van der Waals surface area contributed by atoms with E-state index in [1.807, 2.05) is 4.31 Å². The Balaban J connectivity index is 1.24. The first-order valence-corrected chi connectivity index (χ1v) is 13.1. The van der Waals surface area contributed by atoms with Crippen LogP contribution in [0.1, 0.15) is 16.7 Å². The Morgan fingerprint density at radius 1 is 1.14 bits per heavy atom. The lowest BCUT2D eigenvalue weighted by molar-refractivity contribution is 0.0428. The van der Waals surface area contributed by atoms with Crippen LogP contribution in [0.4, 0.5) is 11.6 Å². The molecule has 182 valence electrons. The minimum Gasteiger partial charge on any atom is -0.489 e. The number of nitrogens with zero attached hydrogens (tertiary/aromatic N) is 5. The van der Waals surface area contributed by atoms with Crippen molar-refractivity contribution in [1.82, 2.24) is 19.3 Å². The van der Waals surface area contributed by atoms with Crippen molar-refractivity contribution in [1.29, 1.82) is 5.41 Å². The van der Waals surface area contributed by atoms with Crippen LogP contribution in [0.25, 0.3) is 0 Å². The van der Waals surface area contributed by atoms with Crippen LogP contribution in [0, 0.1) is 10.8 Å². The maximum absolute atomic E-state index is 11.5. The van der Waals surface area contributed by atoms with Crippen molar-refractivity contribution in [2.45, 2.75) is 6.61 Å². The number of pyridine rings is 1. The van der Waals surface area contributed by atoms with Crippen molar-refractivity contribution in [3.8, 4) is 5.75 Å². The van der Waals surface area contributed by atoms with Gasteiger partial charge >= 0.3 is 0 Å². The second kappa shape index (κ2) is 9.34. The van der Waals surface area contributed by atoms with Crippen molar-refractivity contribution in [2.75, 3.05) is 43.1 Å². The monoisotopic (exact) mass is 531 g/mol. The molecule has 0 bridgehead atoms. The fourth-order valence-electron chi connectivity index (χ4n) is 4.33. The predicted octanol–water partition coefficient (Wildman–Crippen LogP) is 3.17. The van der Waals surface area contributed by atoms with Gasteiger partial charge in [0.25, 0.3) is 0 Å². The van der Waals surface area contributed by atoms with Crippen LogP contribution in [0.2, 0.25) is 10.0 Å². The third-order valence-corrected chi connectivity index (χ3v) is 7.92. The molecule has 3 aromatic rings. The molecule has 5 rings (SSSR count). The summed E-state index contributed by atoms with van der Waals surface area (Å²) in [5, 5.41) is 9.50. The summed E-state index contributed by atoms with van der Waals surface area (Å²) < 4.78 is 19.4. The molecule has 0 amide bonds. The molecule has 0 radical (unpaired) electrons. The van der Waals surface area contributed by atoms with E-state index in [1.165, 1.54) is 12.4 Å². The predicted molar refractivity (Wildman–Crippen MR) is 138 cm³/mol. The number of halogens is 2. The average Bonchev–Trinajstić information content (AvgIpc) is 2.77. The van der Waals surface area contributed by atoms with Gasteiger partial charge in [0.15, 0.2) is 0 Å². The Hall–Kier alpha value is -2.79. The SMILES string of the molecule is CS(=O)N1CC2(CN(c3ncc(C(=N)c4cc(OCc5c(Cl)cncc5Cl)ccc4N)cn3)C2)C1. The molecule has 2 aliphatic heterocycles. The molecule has 3 N–H and O–H groups in total. The van der Waals surface area contributed by atoms with E-state index >= 15 is 0 Å². The largest absolute Gasteiger partial charge is 0.489 e. The molecule has 0 aliphatic carbocycles. The molecule has 12 heteroatoms. The van der Waals surface area contributed by atoms with Gasteiger partial charge in [-0.3, -0.25) is 10.4 Å². The molecule has 1 unspecified atom stereocenters. The van der Waals surface area contributed by atoms with E-state index in [0.29, 0.717) is 44.1 Å². The fraction of sp³-hybridized carbons (Fsp3) is 0.304. The van der Waals surface area contributed by atoms with Gasteiger partial charge in [-0.25, -0.2) is 18.5 Å². The zero-order chi connectivity index (χ0) is 24.7. The molecular formula is C23H23Cl2N7O2S. The lowest BCUT2D eigenvalue weighted by atomic mass is 9.74. The third-order valence-electron chi connectivity index (χ3n) is 6.28. The van der Waals surface area contributed by atoms with E-state index in [0.717, 1.165) is 26.2 Å². The first-order chi connectivity index (χ1) is 16.7. The van der Waals surface area contributed by atoms with E-state index in [9.17, 15) is 4.21 Å². The maximum atomic E-state index is 11.5. The van der Waals surface area contributed by atoms with Gasteiger partial charge in [-0.1, -0.05) is 23.2 Å². The summed E-state index contributed by atoms with van der Waals surface area (Å²) in [6, 6.07) is 5.12. The topological polar surface area (TPSA) is 121 Å². The number of ether oxygens (including phenoxy) is 1. The van der Waals surface area contributed by atoms with E-state index in [1.54, 1.807) is 36.8 Å². The van der Waals surface area contributed by atoms with Crippen LogP contribution >= 0.6 is 23.2 Å². The van der Waals surface area contributed by atoms with E-state index < -0.39 is 11.0 Å². The lowest BCUT2D eigenvalue weighted by Crippen LogP contribution is -2.72. The van der Waals surface area contributed by atoms with Crippen LogP contribution < -0.4 is 15.4 Å². The fourth-order valence-corrected chi connectivity index (χ4v) is 5.72. The second-order valence-corrected chi connectivity index (χ2v) is 11.0. The maximum Gasteiger partial charge on any atom is 0.225 e. The van der Waals surface area contributed by atoms with Gasteiger partial charge in [0.1, 0.15) is 12.4 Å². The highest BCUT2D eigenvalue weighted by Gasteiger charge is 2.53. The Kier molecular flexibility index (Phi) is 6.39. The number of rotatable bonds is 7. The number of aromatic nitrogens is 3. The number of benzene rings is 1. The third kappa shape index (κ3) is 4.71. The summed E-state index contributed by atoms with van der Waals surface area (Å²) in [7, 11) is -0.911. The first kappa shape index (κ1) is 23.9. The van der Waals surface area contributed by atoms with Gasteiger partial charge in [-0.05, 0) is 18.2 Å². The number of nitrogens with one attached hydrogen (secondary N) is 1. The summed E-state index contributed by atoms with van der Waals surface area (Å²) >= 11 is 12.3. The quantitative estimate of drug-likeness (QED) is 0.354. The number of hydrogen-bond donors (Lipinski definition) is 2. The average molecular weight is 532 g/mol. The molecule has 1 aromatic carbocycles. The molecular weight excluding hydrogens is 509 g/mol. The van der Waals surface area contributed by atoms with Crippen LogP contribution in [-0.2, 0) is 17.6 Å². The second-order valence-electron chi connectivity index (χ2n) is 8.84. The smallest absolute Gasteiger partial charge is 0.225 e. The van der Waals surface area contributed by atoms with Gasteiger partial charge < -0.3 is 15.4 Å². The minimum atomic E-state index is -0.911. The number of nitrogen functional groups attached to an aromatic ring is 1. The highest BCUT2D eigenvalue weighted by atomic mass is 35.5. The van der Waals surface area contributed by atoms with Gasteiger partial charge in [-0.2, -0.15) is 0 Å². The molecule has 2 aliphatic rings. The van der Waals surface area contributed by atoms with Crippen LogP contribution in [0.3, 0.4) is 0 Å². The van der Waals surface area contributed by atoms with Crippen molar-refractivity contribution < 1.29 is 8.95 Å². The van der Waals surface area contributed by atoms with E-state index in [4.69, 9.17) is 39.1 Å². The summed E-state index contributed by atoms with van der Waals surface area (Å²) in [5.41, 5.74) is 8.67. The summed E-state index contributed by atoms with van der Waals surface area (Å²) in [6.07, 6.45) is 7.99. The molecule has 0 saturated carbocycles. The zero-order valence-corrected chi connectivity index (χ0v) is 21.2. The van der Waals surface area contributed by atoms with Crippen LogP contribution in [-0.4, -0.2) is 61.6 Å².